The molecule has 0 saturated carbocycles. The molecule has 2 heterocycles. The Balaban J connectivity index is 1.08. The van der Waals surface area contributed by atoms with Crippen LogP contribution in [0.2, 0.25) is 0 Å². The number of fused-ring (bicyclic) bond motifs is 1. The number of methoxy groups -OCH3 is 2. The fourth-order valence-electron chi connectivity index (χ4n) is 5.90. The van der Waals surface area contributed by atoms with Crippen LogP contribution in [0.1, 0.15) is 32.2 Å². The Kier molecular flexibility index (Phi) is 14.2. The summed E-state index contributed by atoms with van der Waals surface area (Å²) in [7, 11) is 3.16. The van der Waals surface area contributed by atoms with Crippen LogP contribution in [0.3, 0.4) is 0 Å². The topological polar surface area (TPSA) is 192 Å². The molecule has 0 aliphatic carbocycles. The van der Waals surface area contributed by atoms with E-state index in [1.54, 1.807) is 38.6 Å². The lowest BCUT2D eigenvalue weighted by molar-refractivity contribution is 0.0280. The number of urea groups is 1. The highest BCUT2D eigenvalue weighted by molar-refractivity contribution is 7.99. The average Bonchev–Trinajstić information content (AvgIpc) is 3.64. The maximum absolute atomic E-state index is 13.5. The second-order valence-corrected chi connectivity index (χ2v) is 14.6. The van der Waals surface area contributed by atoms with Crippen molar-refractivity contribution in [2.45, 2.75) is 32.8 Å². The molecular weight excluding hydrogens is 779 g/mol. The summed E-state index contributed by atoms with van der Waals surface area (Å²) in [5.41, 5.74) is 3.47. The summed E-state index contributed by atoms with van der Waals surface area (Å²) in [4.78, 5) is 31.4. The minimum Gasteiger partial charge on any atom is -0.497 e. The van der Waals surface area contributed by atoms with Crippen molar-refractivity contribution in [1.29, 1.82) is 0 Å². The molecule has 0 fully saturated rings. The third kappa shape index (κ3) is 11.6. The number of amides is 2. The number of pyridine rings is 1. The number of nitrogens with one attached hydrogen (secondary N) is 5. The van der Waals surface area contributed by atoms with Crippen LogP contribution in [0.25, 0.3) is 10.8 Å². The monoisotopic (exact) mass is 825 g/mol. The van der Waals surface area contributed by atoms with Gasteiger partial charge < -0.3 is 49.1 Å². The van der Waals surface area contributed by atoms with Gasteiger partial charge in [-0.25, -0.2) is 14.6 Å². The number of anilines is 5. The Morgan fingerprint density at radius 3 is 2.31 bits per heavy atom. The molecule has 0 spiro atoms. The van der Waals surface area contributed by atoms with Gasteiger partial charge in [-0.15, -0.1) is 0 Å². The van der Waals surface area contributed by atoms with Crippen LogP contribution >= 0.6 is 11.9 Å². The molecule has 16 nitrogen and oxygen atoms in total. The van der Waals surface area contributed by atoms with Crippen molar-refractivity contribution in [3.63, 3.8) is 0 Å². The predicted molar refractivity (Wildman–Crippen MR) is 229 cm³/mol. The standard InChI is InChI=1S/C42H47N7O9S/c1-42(2,3)26-19-34(39(53-5)35(20-26)49-59-6)46-40(50)45-33-11-12-36(32-10-8-7-9-31(32)33)57-28-13-14-43-37(24-28)44-27-21-29(52-4)23-30(22-27)56-18-17-54-15-16-55-25-38-47-41(51)58-48-38/h7-14,19-24,49H,15-18,25H2,1-6H3,(H,43,44)(H2,45,46,50)(H,47,48,51). The van der Waals surface area contributed by atoms with Crippen LogP contribution in [0.15, 0.2) is 94.4 Å². The van der Waals surface area contributed by atoms with Gasteiger partial charge in [0.15, 0.2) is 11.6 Å². The lowest BCUT2D eigenvalue weighted by Crippen LogP contribution is -2.21. The normalized spacial score (nSPS) is 11.2. The lowest BCUT2D eigenvalue weighted by atomic mass is 9.86. The fourth-order valence-corrected chi connectivity index (χ4v) is 6.27. The van der Waals surface area contributed by atoms with E-state index < -0.39 is 11.8 Å². The van der Waals surface area contributed by atoms with Gasteiger partial charge in [-0.3, -0.25) is 9.51 Å². The molecule has 0 unspecified atom stereocenters. The van der Waals surface area contributed by atoms with E-state index in [1.165, 1.54) is 11.9 Å². The number of carbonyl (C=O) groups excluding carboxylic acids is 1. The highest BCUT2D eigenvalue weighted by Crippen LogP contribution is 2.40. The fraction of sp³-hybridized carbons (Fsp3) is 0.286. The van der Waals surface area contributed by atoms with Crippen LogP contribution in [0, 0.1) is 0 Å². The van der Waals surface area contributed by atoms with Crippen molar-refractivity contribution in [3.8, 4) is 28.7 Å². The molecule has 0 aliphatic heterocycles. The van der Waals surface area contributed by atoms with E-state index in [1.807, 2.05) is 66.9 Å². The molecule has 310 valence electrons. The second kappa shape index (κ2) is 19.8. The highest BCUT2D eigenvalue weighted by atomic mass is 32.2. The summed E-state index contributed by atoms with van der Waals surface area (Å²) in [6.07, 6.45) is 3.57. The molecule has 6 rings (SSSR count). The van der Waals surface area contributed by atoms with Crippen LogP contribution in [-0.2, 0) is 21.5 Å². The number of H-pyrrole nitrogens is 1. The number of ether oxygens (including phenoxy) is 6. The zero-order chi connectivity index (χ0) is 41.8. The smallest absolute Gasteiger partial charge is 0.438 e. The number of aromatic nitrogens is 3. The van der Waals surface area contributed by atoms with Gasteiger partial charge in [0.2, 0.25) is 0 Å². The maximum Gasteiger partial charge on any atom is 0.438 e. The number of hydrogen-bond donors (Lipinski definition) is 5. The molecule has 2 aromatic heterocycles. The van der Waals surface area contributed by atoms with Gasteiger partial charge in [0.1, 0.15) is 42.0 Å². The Morgan fingerprint density at radius 1 is 0.814 bits per heavy atom. The molecule has 5 N–H and O–H groups in total. The minimum atomic E-state index is -0.628. The van der Waals surface area contributed by atoms with E-state index in [4.69, 9.17) is 28.4 Å². The Bertz CT molecular complexity index is 2420. The third-order valence-corrected chi connectivity index (χ3v) is 9.12. The van der Waals surface area contributed by atoms with Gasteiger partial charge in [-0.05, 0) is 41.3 Å². The molecule has 6 aromatic rings. The highest BCUT2D eigenvalue weighted by Gasteiger charge is 2.21. The van der Waals surface area contributed by atoms with E-state index in [0.717, 1.165) is 22.0 Å². The zero-order valence-electron chi connectivity index (χ0n) is 33.6. The number of nitrogens with zero attached hydrogens (tertiary/aromatic N) is 2. The molecule has 0 radical (unpaired) electrons. The van der Waals surface area contributed by atoms with Crippen LogP contribution in [0.4, 0.5) is 33.4 Å². The molecule has 0 saturated heterocycles. The SMILES string of the molecule is COc1cc(Nc2cc(Oc3ccc(NC(=O)Nc4cc(C(C)(C)C)cc(NSC)c4OC)c4ccccc34)ccn2)cc(OCCOCCOCc2noc(=O)[nH]2)c1. The number of benzene rings is 4. The van der Waals surface area contributed by atoms with Gasteiger partial charge in [0.05, 0.1) is 51.1 Å². The molecule has 59 heavy (non-hydrogen) atoms. The maximum atomic E-state index is 13.5. The first-order chi connectivity index (χ1) is 28.5. The van der Waals surface area contributed by atoms with E-state index in [0.29, 0.717) is 77.3 Å². The third-order valence-electron chi connectivity index (χ3n) is 8.69. The minimum absolute atomic E-state index is 0.113. The summed E-state index contributed by atoms with van der Waals surface area (Å²) in [5.74, 6) is 3.03. The summed E-state index contributed by atoms with van der Waals surface area (Å²) in [5, 5.41) is 14.4. The predicted octanol–water partition coefficient (Wildman–Crippen LogP) is 8.71. The first kappa shape index (κ1) is 42.2. The lowest BCUT2D eigenvalue weighted by Gasteiger charge is -2.24. The molecule has 4 aromatic carbocycles. The quantitative estimate of drug-likeness (QED) is 0.0385. The number of rotatable bonds is 19. The van der Waals surface area contributed by atoms with Gasteiger partial charge in [0, 0.05) is 53.2 Å². The zero-order valence-corrected chi connectivity index (χ0v) is 34.4. The van der Waals surface area contributed by atoms with Gasteiger partial charge in [-0.2, -0.15) is 0 Å². The van der Waals surface area contributed by atoms with Crippen molar-refractivity contribution in [3.05, 3.63) is 107 Å². The van der Waals surface area contributed by atoms with E-state index in [-0.39, 0.29) is 18.6 Å². The van der Waals surface area contributed by atoms with Crippen molar-refractivity contribution < 1.29 is 37.7 Å². The summed E-state index contributed by atoms with van der Waals surface area (Å²) in [6, 6.07) is 23.8. The Labute approximate surface area is 345 Å². The summed E-state index contributed by atoms with van der Waals surface area (Å²) < 4.78 is 42.2. The van der Waals surface area contributed by atoms with Crippen molar-refractivity contribution in [2.75, 3.05) is 67.6 Å². The average molecular weight is 826 g/mol. The summed E-state index contributed by atoms with van der Waals surface area (Å²) in [6.45, 7) is 7.70. The van der Waals surface area contributed by atoms with Gasteiger partial charge in [0.25, 0.3) is 0 Å². The second-order valence-electron chi connectivity index (χ2n) is 14.0. The van der Waals surface area contributed by atoms with Gasteiger partial charge in [-0.1, -0.05) is 62.1 Å². The van der Waals surface area contributed by atoms with Crippen LogP contribution in [-0.4, -0.2) is 68.1 Å². The number of carbonyl (C=O) groups is 1. The van der Waals surface area contributed by atoms with Crippen LogP contribution < -0.4 is 45.4 Å². The molecule has 0 bridgehead atoms. The molecule has 0 atom stereocenters. The first-order valence-electron chi connectivity index (χ1n) is 18.6. The largest absolute Gasteiger partial charge is 0.497 e. The number of hydrogen-bond acceptors (Lipinski definition) is 14. The molecule has 2 amide bonds. The van der Waals surface area contributed by atoms with E-state index in [9.17, 15) is 9.59 Å². The van der Waals surface area contributed by atoms with Crippen LogP contribution in [0.5, 0.6) is 28.7 Å². The molecule has 0 aliphatic rings. The number of aromatic amines is 1. The Morgan fingerprint density at radius 2 is 1.56 bits per heavy atom. The van der Waals surface area contributed by atoms with Crippen molar-refractivity contribution >= 4 is 57.3 Å². The van der Waals surface area contributed by atoms with E-state index >= 15 is 0 Å². The Hall–Kier alpha value is -6.43. The summed E-state index contributed by atoms with van der Waals surface area (Å²) >= 11 is 1.44. The molecular formula is C42H47N7O9S. The van der Waals surface area contributed by atoms with Crippen molar-refractivity contribution in [1.82, 2.24) is 15.1 Å². The van der Waals surface area contributed by atoms with Crippen molar-refractivity contribution in [2.24, 2.45) is 0 Å². The first-order valence-corrected chi connectivity index (χ1v) is 19.8. The van der Waals surface area contributed by atoms with Gasteiger partial charge >= 0.3 is 11.8 Å². The molecule has 17 heteroatoms. The van der Waals surface area contributed by atoms with E-state index in [2.05, 4.69) is 61.1 Å².